The van der Waals surface area contributed by atoms with Gasteiger partial charge in [-0.15, -0.1) is 0 Å². The van der Waals surface area contributed by atoms with E-state index in [2.05, 4.69) is 6.08 Å². The second kappa shape index (κ2) is 5.88. The molecule has 0 fully saturated rings. The highest BCUT2D eigenvalue weighted by atomic mass is 16.7. The Balaban J connectivity index is 2.61. The molecule has 0 amide bonds. The molecule has 0 aromatic rings. The highest BCUT2D eigenvalue weighted by Gasteiger charge is 2.32. The number of carbonyl (C=O) groups excluding carboxylic acids is 1. The number of methoxy groups -OCH3 is 2. The number of hydrogen-bond acceptors (Lipinski definition) is 4. The van der Waals surface area contributed by atoms with Crippen LogP contribution in [-0.4, -0.2) is 33.1 Å². The first-order valence-corrected chi connectivity index (χ1v) is 5.03. The van der Waals surface area contributed by atoms with E-state index < -0.39 is 0 Å². The maximum Gasteiger partial charge on any atom is 0.311 e. The first-order chi connectivity index (χ1) is 7.19. The smallest absolute Gasteiger partial charge is 0.311 e. The van der Waals surface area contributed by atoms with Crippen LogP contribution in [0.4, 0.5) is 0 Å². The molecule has 2 unspecified atom stereocenters. The second-order valence-corrected chi connectivity index (χ2v) is 3.73. The fraction of sp³-hybridized carbons (Fsp3) is 0.727. The first kappa shape index (κ1) is 12.2. The maximum atomic E-state index is 11.5. The Morgan fingerprint density at radius 1 is 1.53 bits per heavy atom. The second-order valence-electron chi connectivity index (χ2n) is 3.73. The molecule has 86 valence electrons. The van der Waals surface area contributed by atoms with Crippen LogP contribution in [0.2, 0.25) is 0 Å². The van der Waals surface area contributed by atoms with Crippen molar-refractivity contribution < 1.29 is 19.0 Å². The SMILES string of the molecule is COCOC1CC=C(C)CC1C(=O)OC. The van der Waals surface area contributed by atoms with Gasteiger partial charge >= 0.3 is 5.97 Å². The minimum atomic E-state index is -0.205. The van der Waals surface area contributed by atoms with E-state index in [1.807, 2.05) is 6.92 Å². The average molecular weight is 214 g/mol. The molecule has 15 heavy (non-hydrogen) atoms. The van der Waals surface area contributed by atoms with Gasteiger partial charge in [0, 0.05) is 7.11 Å². The van der Waals surface area contributed by atoms with Crippen molar-refractivity contribution in [1.82, 2.24) is 0 Å². The van der Waals surface area contributed by atoms with E-state index in [-0.39, 0.29) is 24.8 Å². The molecule has 0 aromatic carbocycles. The van der Waals surface area contributed by atoms with Crippen LogP contribution in [0, 0.1) is 5.92 Å². The van der Waals surface area contributed by atoms with E-state index in [1.54, 1.807) is 7.11 Å². The third kappa shape index (κ3) is 3.32. The van der Waals surface area contributed by atoms with Crippen molar-refractivity contribution in [3.8, 4) is 0 Å². The van der Waals surface area contributed by atoms with Gasteiger partial charge in [-0.3, -0.25) is 4.79 Å². The summed E-state index contributed by atoms with van der Waals surface area (Å²) in [6.45, 7) is 2.23. The van der Waals surface area contributed by atoms with Crippen molar-refractivity contribution in [2.24, 2.45) is 5.92 Å². The molecule has 0 bridgehead atoms. The van der Waals surface area contributed by atoms with Crippen molar-refractivity contribution in [3.05, 3.63) is 11.6 Å². The van der Waals surface area contributed by atoms with Gasteiger partial charge in [0.25, 0.3) is 0 Å². The van der Waals surface area contributed by atoms with Gasteiger partial charge in [0.15, 0.2) is 0 Å². The fourth-order valence-corrected chi connectivity index (χ4v) is 1.77. The lowest BCUT2D eigenvalue weighted by Gasteiger charge is -2.28. The Morgan fingerprint density at radius 2 is 2.27 bits per heavy atom. The van der Waals surface area contributed by atoms with Gasteiger partial charge in [-0.25, -0.2) is 0 Å². The minimum Gasteiger partial charge on any atom is -0.469 e. The Kier molecular flexibility index (Phi) is 4.78. The lowest BCUT2D eigenvalue weighted by molar-refractivity contribution is -0.156. The summed E-state index contributed by atoms with van der Waals surface area (Å²) in [5.74, 6) is -0.404. The van der Waals surface area contributed by atoms with Crippen molar-refractivity contribution in [2.75, 3.05) is 21.0 Å². The van der Waals surface area contributed by atoms with Gasteiger partial charge in [0.2, 0.25) is 0 Å². The van der Waals surface area contributed by atoms with E-state index >= 15 is 0 Å². The topological polar surface area (TPSA) is 44.8 Å². The number of ether oxygens (including phenoxy) is 3. The summed E-state index contributed by atoms with van der Waals surface area (Å²) in [5, 5.41) is 0. The predicted molar refractivity (Wildman–Crippen MR) is 55.2 cm³/mol. The molecule has 0 saturated heterocycles. The van der Waals surface area contributed by atoms with E-state index in [9.17, 15) is 4.79 Å². The molecule has 2 atom stereocenters. The molecule has 4 nitrogen and oxygen atoms in total. The molecule has 1 aliphatic carbocycles. The van der Waals surface area contributed by atoms with E-state index in [0.29, 0.717) is 6.42 Å². The van der Waals surface area contributed by atoms with E-state index in [1.165, 1.54) is 12.7 Å². The van der Waals surface area contributed by atoms with Crippen molar-refractivity contribution in [1.29, 1.82) is 0 Å². The monoisotopic (exact) mass is 214 g/mol. The predicted octanol–water partition coefficient (Wildman–Crippen LogP) is 1.50. The normalized spacial score (nSPS) is 25.9. The van der Waals surface area contributed by atoms with Gasteiger partial charge < -0.3 is 14.2 Å². The number of hydrogen-bond donors (Lipinski definition) is 0. The van der Waals surface area contributed by atoms with Gasteiger partial charge in [-0.1, -0.05) is 11.6 Å². The summed E-state index contributed by atoms with van der Waals surface area (Å²) < 4.78 is 15.0. The number of rotatable bonds is 4. The third-order valence-corrected chi connectivity index (χ3v) is 2.59. The Labute approximate surface area is 90.2 Å². The van der Waals surface area contributed by atoms with Gasteiger partial charge in [0.1, 0.15) is 6.79 Å². The summed E-state index contributed by atoms with van der Waals surface area (Å²) in [6.07, 6.45) is 3.43. The molecule has 0 aromatic heterocycles. The number of esters is 1. The zero-order valence-electron chi connectivity index (χ0n) is 9.49. The van der Waals surface area contributed by atoms with Crippen LogP contribution in [0.1, 0.15) is 19.8 Å². The Bertz CT molecular complexity index is 247. The molecule has 0 heterocycles. The maximum absolute atomic E-state index is 11.5. The zero-order chi connectivity index (χ0) is 11.3. The van der Waals surface area contributed by atoms with Gasteiger partial charge in [-0.2, -0.15) is 0 Å². The number of carbonyl (C=O) groups is 1. The standard InChI is InChI=1S/C11H18O4/c1-8-4-5-10(15-7-13-2)9(6-8)11(12)14-3/h4,9-10H,5-7H2,1-3H3. The highest BCUT2D eigenvalue weighted by molar-refractivity contribution is 5.73. The summed E-state index contributed by atoms with van der Waals surface area (Å²) in [5.41, 5.74) is 1.21. The molecule has 0 saturated carbocycles. The molecule has 0 spiro atoms. The molecule has 1 aliphatic rings. The van der Waals surface area contributed by atoms with Gasteiger partial charge in [0.05, 0.1) is 19.1 Å². The molecule has 4 heteroatoms. The first-order valence-electron chi connectivity index (χ1n) is 5.03. The quantitative estimate of drug-likeness (QED) is 0.404. The van der Waals surface area contributed by atoms with E-state index in [4.69, 9.17) is 14.2 Å². The van der Waals surface area contributed by atoms with Crippen molar-refractivity contribution in [2.45, 2.75) is 25.9 Å². The van der Waals surface area contributed by atoms with Crippen LogP contribution in [-0.2, 0) is 19.0 Å². The van der Waals surface area contributed by atoms with Crippen LogP contribution in [0.5, 0.6) is 0 Å². The summed E-state index contributed by atoms with van der Waals surface area (Å²) >= 11 is 0. The largest absolute Gasteiger partial charge is 0.469 e. The van der Waals surface area contributed by atoms with Gasteiger partial charge in [-0.05, 0) is 19.8 Å². The lowest BCUT2D eigenvalue weighted by atomic mass is 9.87. The summed E-state index contributed by atoms with van der Waals surface area (Å²) in [6, 6.07) is 0. The van der Waals surface area contributed by atoms with Crippen LogP contribution in [0.3, 0.4) is 0 Å². The zero-order valence-corrected chi connectivity index (χ0v) is 9.49. The molecule has 1 rings (SSSR count). The van der Waals surface area contributed by atoms with Crippen molar-refractivity contribution in [3.63, 3.8) is 0 Å². The number of allylic oxidation sites excluding steroid dienone is 1. The molecule has 0 aliphatic heterocycles. The minimum absolute atomic E-state index is 0.124. The molecule has 0 radical (unpaired) electrons. The average Bonchev–Trinajstić information content (AvgIpc) is 2.26. The fourth-order valence-electron chi connectivity index (χ4n) is 1.77. The lowest BCUT2D eigenvalue weighted by Crippen LogP contribution is -2.34. The van der Waals surface area contributed by atoms with Crippen LogP contribution < -0.4 is 0 Å². The van der Waals surface area contributed by atoms with E-state index in [0.717, 1.165) is 6.42 Å². The molecular weight excluding hydrogens is 196 g/mol. The van der Waals surface area contributed by atoms with Crippen molar-refractivity contribution >= 4 is 5.97 Å². The summed E-state index contributed by atoms with van der Waals surface area (Å²) in [7, 11) is 2.97. The molecular formula is C11H18O4. The highest BCUT2D eigenvalue weighted by Crippen LogP contribution is 2.27. The van der Waals surface area contributed by atoms with Crippen LogP contribution in [0.15, 0.2) is 11.6 Å². The Morgan fingerprint density at radius 3 is 2.87 bits per heavy atom. The van der Waals surface area contributed by atoms with Crippen LogP contribution in [0.25, 0.3) is 0 Å². The van der Waals surface area contributed by atoms with Crippen LogP contribution >= 0.6 is 0 Å². The third-order valence-electron chi connectivity index (χ3n) is 2.59. The summed E-state index contributed by atoms with van der Waals surface area (Å²) in [4.78, 5) is 11.5. The Hall–Kier alpha value is -0.870. The molecule has 0 N–H and O–H groups in total.